The highest BCUT2D eigenvalue weighted by Crippen LogP contribution is 2.32. The number of nitro groups is 1. The lowest BCUT2D eigenvalue weighted by atomic mass is 10.1. The van der Waals surface area contributed by atoms with Gasteiger partial charge in [-0.1, -0.05) is 23.2 Å². The SMILES string of the molecule is CC1CN(C(=O)c2cc([N+](=O)[O-])cc(Cl)c2Cl)CCCO1. The van der Waals surface area contributed by atoms with Crippen molar-refractivity contribution in [3.63, 3.8) is 0 Å². The van der Waals surface area contributed by atoms with E-state index >= 15 is 0 Å². The highest BCUT2D eigenvalue weighted by atomic mass is 35.5. The van der Waals surface area contributed by atoms with Gasteiger partial charge in [-0.25, -0.2) is 0 Å². The summed E-state index contributed by atoms with van der Waals surface area (Å²) >= 11 is 11.9. The maximum absolute atomic E-state index is 12.6. The first-order valence-corrected chi connectivity index (χ1v) is 7.20. The summed E-state index contributed by atoms with van der Waals surface area (Å²) in [5.41, 5.74) is -0.211. The van der Waals surface area contributed by atoms with Crippen molar-refractivity contribution >= 4 is 34.8 Å². The molecule has 1 fully saturated rings. The lowest BCUT2D eigenvalue weighted by Crippen LogP contribution is -2.36. The summed E-state index contributed by atoms with van der Waals surface area (Å²) in [4.78, 5) is 24.4. The zero-order valence-electron chi connectivity index (χ0n) is 11.3. The van der Waals surface area contributed by atoms with Crippen LogP contribution >= 0.6 is 23.2 Å². The molecule has 1 amide bonds. The summed E-state index contributed by atoms with van der Waals surface area (Å²) in [5.74, 6) is -0.372. The van der Waals surface area contributed by atoms with Crippen LogP contribution in [0.1, 0.15) is 23.7 Å². The van der Waals surface area contributed by atoms with E-state index in [1.807, 2.05) is 6.92 Å². The maximum atomic E-state index is 12.6. The van der Waals surface area contributed by atoms with Crippen LogP contribution in [0.4, 0.5) is 5.69 Å². The van der Waals surface area contributed by atoms with Gasteiger partial charge in [-0.3, -0.25) is 14.9 Å². The summed E-state index contributed by atoms with van der Waals surface area (Å²) < 4.78 is 5.47. The smallest absolute Gasteiger partial charge is 0.271 e. The average molecular weight is 333 g/mol. The molecule has 2 rings (SSSR count). The van der Waals surface area contributed by atoms with Gasteiger partial charge in [-0.05, 0) is 13.3 Å². The number of rotatable bonds is 2. The zero-order valence-corrected chi connectivity index (χ0v) is 12.9. The number of benzene rings is 1. The lowest BCUT2D eigenvalue weighted by molar-refractivity contribution is -0.384. The van der Waals surface area contributed by atoms with E-state index in [-0.39, 0.29) is 33.3 Å². The quantitative estimate of drug-likeness (QED) is 0.616. The Morgan fingerprint density at radius 3 is 2.86 bits per heavy atom. The van der Waals surface area contributed by atoms with Crippen LogP contribution in [0.2, 0.25) is 10.0 Å². The number of nitrogens with zero attached hydrogens (tertiary/aromatic N) is 2. The third-order valence-electron chi connectivity index (χ3n) is 3.19. The van der Waals surface area contributed by atoms with E-state index in [0.29, 0.717) is 26.1 Å². The summed E-state index contributed by atoms with van der Waals surface area (Å²) in [6, 6.07) is 2.29. The Labute approximate surface area is 131 Å². The van der Waals surface area contributed by atoms with Crippen molar-refractivity contribution in [2.45, 2.75) is 19.4 Å². The van der Waals surface area contributed by atoms with Crippen molar-refractivity contribution < 1.29 is 14.5 Å². The van der Waals surface area contributed by atoms with Gasteiger partial charge in [-0.2, -0.15) is 0 Å². The number of hydrogen-bond acceptors (Lipinski definition) is 4. The molecule has 1 aromatic carbocycles. The predicted molar refractivity (Wildman–Crippen MR) is 79.1 cm³/mol. The van der Waals surface area contributed by atoms with Crippen molar-refractivity contribution in [3.8, 4) is 0 Å². The van der Waals surface area contributed by atoms with Gasteiger partial charge in [0.15, 0.2) is 0 Å². The third kappa shape index (κ3) is 3.64. The second-order valence-electron chi connectivity index (χ2n) is 4.83. The fourth-order valence-corrected chi connectivity index (χ4v) is 2.59. The van der Waals surface area contributed by atoms with E-state index in [1.165, 1.54) is 0 Å². The van der Waals surface area contributed by atoms with E-state index in [4.69, 9.17) is 27.9 Å². The summed E-state index contributed by atoms with van der Waals surface area (Å²) in [6.07, 6.45) is 0.612. The molecule has 1 aliphatic rings. The highest BCUT2D eigenvalue weighted by Gasteiger charge is 2.26. The van der Waals surface area contributed by atoms with Crippen LogP contribution in [-0.4, -0.2) is 41.5 Å². The second-order valence-corrected chi connectivity index (χ2v) is 5.62. The predicted octanol–water partition coefficient (Wildman–Crippen LogP) is 3.15. The fraction of sp³-hybridized carbons (Fsp3) is 0.462. The molecule has 1 aromatic rings. The van der Waals surface area contributed by atoms with Crippen molar-refractivity contribution in [1.82, 2.24) is 4.90 Å². The van der Waals surface area contributed by atoms with E-state index < -0.39 is 4.92 Å². The van der Waals surface area contributed by atoms with Gasteiger partial charge < -0.3 is 9.64 Å². The van der Waals surface area contributed by atoms with Gasteiger partial charge in [0.05, 0.1) is 26.6 Å². The third-order valence-corrected chi connectivity index (χ3v) is 4.00. The molecule has 0 aromatic heterocycles. The van der Waals surface area contributed by atoms with Gasteiger partial charge >= 0.3 is 0 Å². The minimum absolute atomic E-state index is 0.00617. The van der Waals surface area contributed by atoms with Crippen LogP contribution in [0.5, 0.6) is 0 Å². The first-order chi connectivity index (χ1) is 9.90. The molecule has 0 N–H and O–H groups in total. The first-order valence-electron chi connectivity index (χ1n) is 6.44. The van der Waals surface area contributed by atoms with Crippen LogP contribution in [0.25, 0.3) is 0 Å². The molecule has 0 spiro atoms. The summed E-state index contributed by atoms with van der Waals surface area (Å²) in [6.45, 7) is 3.37. The van der Waals surface area contributed by atoms with Crippen LogP contribution in [-0.2, 0) is 4.74 Å². The molecule has 21 heavy (non-hydrogen) atoms. The lowest BCUT2D eigenvalue weighted by Gasteiger charge is -2.22. The molecule has 1 unspecified atom stereocenters. The average Bonchev–Trinajstić information content (AvgIpc) is 2.65. The molecule has 0 aliphatic carbocycles. The second kappa shape index (κ2) is 6.60. The molecule has 0 bridgehead atoms. The molecule has 8 heteroatoms. The van der Waals surface area contributed by atoms with E-state index in [0.717, 1.165) is 12.1 Å². The number of carbonyl (C=O) groups is 1. The molecule has 1 aliphatic heterocycles. The Bertz CT molecular complexity index is 580. The van der Waals surface area contributed by atoms with Gasteiger partial charge in [-0.15, -0.1) is 0 Å². The Balaban J connectivity index is 2.35. The molecular formula is C13H14Cl2N2O4. The molecule has 6 nitrogen and oxygen atoms in total. The van der Waals surface area contributed by atoms with Gasteiger partial charge in [0, 0.05) is 31.8 Å². The molecule has 1 heterocycles. The van der Waals surface area contributed by atoms with Crippen LogP contribution in [0.15, 0.2) is 12.1 Å². The minimum Gasteiger partial charge on any atom is -0.377 e. The topological polar surface area (TPSA) is 72.7 Å². The largest absolute Gasteiger partial charge is 0.377 e. The molecule has 114 valence electrons. The maximum Gasteiger partial charge on any atom is 0.271 e. The Kier molecular flexibility index (Phi) is 5.03. The molecule has 0 radical (unpaired) electrons. The molecular weight excluding hydrogens is 319 g/mol. The van der Waals surface area contributed by atoms with Crippen molar-refractivity contribution in [3.05, 3.63) is 37.9 Å². The van der Waals surface area contributed by atoms with E-state index in [1.54, 1.807) is 4.90 Å². The Morgan fingerprint density at radius 1 is 1.48 bits per heavy atom. The van der Waals surface area contributed by atoms with E-state index in [9.17, 15) is 14.9 Å². The molecule has 1 atom stereocenters. The number of nitro benzene ring substituents is 1. The monoisotopic (exact) mass is 332 g/mol. The standard InChI is InChI=1S/C13H14Cl2N2O4/c1-8-7-16(3-2-4-21-8)13(18)10-5-9(17(19)20)6-11(14)12(10)15/h5-6,8H,2-4,7H2,1H3. The van der Waals surface area contributed by atoms with Crippen LogP contribution < -0.4 is 0 Å². The number of halogens is 2. The number of hydrogen-bond donors (Lipinski definition) is 0. The van der Waals surface area contributed by atoms with Crippen molar-refractivity contribution in [2.75, 3.05) is 19.7 Å². The van der Waals surface area contributed by atoms with Gasteiger partial charge in [0.1, 0.15) is 0 Å². The number of ether oxygens (including phenoxy) is 1. The summed E-state index contributed by atoms with van der Waals surface area (Å²) in [5, 5.41) is 10.9. The molecule has 1 saturated heterocycles. The van der Waals surface area contributed by atoms with E-state index in [2.05, 4.69) is 0 Å². The number of non-ortho nitro benzene ring substituents is 1. The van der Waals surface area contributed by atoms with Crippen LogP contribution in [0.3, 0.4) is 0 Å². The first kappa shape index (κ1) is 16.0. The number of amides is 1. The van der Waals surface area contributed by atoms with Gasteiger partial charge in [0.25, 0.3) is 11.6 Å². The van der Waals surface area contributed by atoms with Crippen molar-refractivity contribution in [1.29, 1.82) is 0 Å². The van der Waals surface area contributed by atoms with Crippen molar-refractivity contribution in [2.24, 2.45) is 0 Å². The minimum atomic E-state index is -0.604. The Hall–Kier alpha value is -1.37. The normalized spacial score (nSPS) is 19.2. The molecule has 0 saturated carbocycles. The van der Waals surface area contributed by atoms with Crippen LogP contribution in [0, 0.1) is 10.1 Å². The zero-order chi connectivity index (χ0) is 15.6. The highest BCUT2D eigenvalue weighted by molar-refractivity contribution is 6.44. The summed E-state index contributed by atoms with van der Waals surface area (Å²) in [7, 11) is 0. The number of carbonyl (C=O) groups excluding carboxylic acids is 1. The van der Waals surface area contributed by atoms with Gasteiger partial charge in [0.2, 0.25) is 0 Å². The Morgan fingerprint density at radius 2 is 2.19 bits per heavy atom. The fourth-order valence-electron chi connectivity index (χ4n) is 2.18.